The van der Waals surface area contributed by atoms with Crippen molar-refractivity contribution in [1.82, 2.24) is 4.90 Å². The molecule has 0 fully saturated rings. The number of allylic oxidation sites excluding steroid dienone is 3. The SMILES string of the molecule is CC/C=C\C=C/CC(=O)N(CCC)CCC. The summed E-state index contributed by atoms with van der Waals surface area (Å²) in [4.78, 5) is 13.8. The fraction of sp³-hybridized carbons (Fsp3) is 0.643. The number of nitrogens with zero attached hydrogens (tertiary/aromatic N) is 1. The number of amides is 1. The van der Waals surface area contributed by atoms with Crippen molar-refractivity contribution in [2.75, 3.05) is 13.1 Å². The molecule has 0 saturated carbocycles. The predicted octanol–water partition coefficient (Wildman–Crippen LogP) is 3.55. The average molecular weight is 223 g/mol. The highest BCUT2D eigenvalue weighted by Crippen LogP contribution is 1.99. The second-order valence-corrected chi connectivity index (χ2v) is 3.85. The zero-order valence-electron chi connectivity index (χ0n) is 10.9. The fourth-order valence-corrected chi connectivity index (χ4v) is 1.49. The van der Waals surface area contributed by atoms with Gasteiger partial charge < -0.3 is 4.90 Å². The molecule has 16 heavy (non-hydrogen) atoms. The number of carbonyl (C=O) groups excluding carboxylic acids is 1. The van der Waals surface area contributed by atoms with Crippen LogP contribution < -0.4 is 0 Å². The maximum absolute atomic E-state index is 11.8. The Morgan fingerprint density at radius 2 is 1.56 bits per heavy atom. The first-order valence-corrected chi connectivity index (χ1v) is 6.35. The molecule has 0 unspecified atom stereocenters. The van der Waals surface area contributed by atoms with Crippen molar-refractivity contribution in [2.45, 2.75) is 46.5 Å². The van der Waals surface area contributed by atoms with Crippen LogP contribution in [-0.4, -0.2) is 23.9 Å². The van der Waals surface area contributed by atoms with Crippen LogP contribution in [0.1, 0.15) is 46.5 Å². The van der Waals surface area contributed by atoms with Crippen LogP contribution in [-0.2, 0) is 4.79 Å². The molecule has 0 bridgehead atoms. The van der Waals surface area contributed by atoms with Gasteiger partial charge in [-0.15, -0.1) is 0 Å². The summed E-state index contributed by atoms with van der Waals surface area (Å²) in [6, 6.07) is 0. The smallest absolute Gasteiger partial charge is 0.226 e. The molecule has 0 atom stereocenters. The Balaban J connectivity index is 3.99. The molecule has 0 spiro atoms. The van der Waals surface area contributed by atoms with E-state index < -0.39 is 0 Å². The van der Waals surface area contributed by atoms with E-state index in [1.807, 2.05) is 23.1 Å². The lowest BCUT2D eigenvalue weighted by molar-refractivity contribution is -0.130. The molecule has 0 aliphatic heterocycles. The summed E-state index contributed by atoms with van der Waals surface area (Å²) < 4.78 is 0. The van der Waals surface area contributed by atoms with E-state index >= 15 is 0 Å². The summed E-state index contributed by atoms with van der Waals surface area (Å²) in [6.45, 7) is 8.07. The van der Waals surface area contributed by atoms with Crippen LogP contribution in [0.25, 0.3) is 0 Å². The summed E-state index contributed by atoms with van der Waals surface area (Å²) in [5, 5.41) is 0. The number of hydrogen-bond acceptors (Lipinski definition) is 1. The first-order valence-electron chi connectivity index (χ1n) is 6.35. The van der Waals surface area contributed by atoms with Crippen LogP contribution >= 0.6 is 0 Å². The van der Waals surface area contributed by atoms with Crippen LogP contribution in [0.15, 0.2) is 24.3 Å². The molecule has 0 aromatic heterocycles. The summed E-state index contributed by atoms with van der Waals surface area (Å²) in [7, 11) is 0. The van der Waals surface area contributed by atoms with Crippen LogP contribution in [0.2, 0.25) is 0 Å². The van der Waals surface area contributed by atoms with Gasteiger partial charge in [0.25, 0.3) is 0 Å². The van der Waals surface area contributed by atoms with E-state index in [-0.39, 0.29) is 5.91 Å². The summed E-state index contributed by atoms with van der Waals surface area (Å²) in [6.07, 6.45) is 11.6. The zero-order chi connectivity index (χ0) is 12.2. The van der Waals surface area contributed by atoms with Crippen molar-refractivity contribution in [3.8, 4) is 0 Å². The van der Waals surface area contributed by atoms with Gasteiger partial charge in [0.15, 0.2) is 0 Å². The highest BCUT2D eigenvalue weighted by molar-refractivity contribution is 5.77. The fourth-order valence-electron chi connectivity index (χ4n) is 1.49. The Hall–Kier alpha value is -1.05. The van der Waals surface area contributed by atoms with Crippen molar-refractivity contribution in [2.24, 2.45) is 0 Å². The Bertz CT molecular complexity index is 225. The highest BCUT2D eigenvalue weighted by atomic mass is 16.2. The Kier molecular flexibility index (Phi) is 9.78. The second-order valence-electron chi connectivity index (χ2n) is 3.85. The minimum atomic E-state index is 0.241. The molecule has 0 aromatic carbocycles. The van der Waals surface area contributed by atoms with Crippen molar-refractivity contribution in [1.29, 1.82) is 0 Å². The Morgan fingerprint density at radius 1 is 1.00 bits per heavy atom. The third kappa shape index (κ3) is 7.27. The molecule has 1 amide bonds. The average Bonchev–Trinajstić information content (AvgIpc) is 2.28. The van der Waals surface area contributed by atoms with Crippen LogP contribution in [0, 0.1) is 0 Å². The lowest BCUT2D eigenvalue weighted by Gasteiger charge is -2.20. The standard InChI is InChI=1S/C14H25NO/c1-4-7-8-9-10-11-14(16)15(12-5-2)13-6-3/h7-10H,4-6,11-13H2,1-3H3/b8-7-,10-9-. The summed E-state index contributed by atoms with van der Waals surface area (Å²) in [5.41, 5.74) is 0. The van der Waals surface area contributed by atoms with Crippen molar-refractivity contribution in [3.63, 3.8) is 0 Å². The number of hydrogen-bond donors (Lipinski definition) is 0. The molecule has 0 saturated heterocycles. The van der Waals surface area contributed by atoms with Crippen LogP contribution in [0.3, 0.4) is 0 Å². The van der Waals surface area contributed by atoms with Gasteiger partial charge in [-0.3, -0.25) is 4.79 Å². The lowest BCUT2D eigenvalue weighted by Crippen LogP contribution is -2.31. The maximum Gasteiger partial charge on any atom is 0.226 e. The molecule has 92 valence electrons. The van der Waals surface area contributed by atoms with Gasteiger partial charge in [-0.1, -0.05) is 45.1 Å². The molecular weight excluding hydrogens is 198 g/mol. The first-order chi connectivity index (χ1) is 7.76. The maximum atomic E-state index is 11.8. The number of rotatable bonds is 8. The molecule has 2 heteroatoms. The van der Waals surface area contributed by atoms with E-state index in [0.29, 0.717) is 6.42 Å². The van der Waals surface area contributed by atoms with Gasteiger partial charge in [0.05, 0.1) is 0 Å². The van der Waals surface area contributed by atoms with Gasteiger partial charge in [-0.2, -0.15) is 0 Å². The molecule has 0 heterocycles. The normalized spacial score (nSPS) is 11.4. The minimum absolute atomic E-state index is 0.241. The highest BCUT2D eigenvalue weighted by Gasteiger charge is 2.08. The van der Waals surface area contributed by atoms with E-state index in [1.165, 1.54) is 0 Å². The van der Waals surface area contributed by atoms with E-state index in [4.69, 9.17) is 0 Å². The van der Waals surface area contributed by atoms with E-state index in [2.05, 4.69) is 26.8 Å². The van der Waals surface area contributed by atoms with Gasteiger partial charge >= 0.3 is 0 Å². The molecule has 2 nitrogen and oxygen atoms in total. The van der Waals surface area contributed by atoms with Crippen molar-refractivity contribution < 1.29 is 4.79 Å². The minimum Gasteiger partial charge on any atom is -0.342 e. The molecule has 0 aliphatic carbocycles. The predicted molar refractivity (Wildman–Crippen MR) is 70.4 cm³/mol. The molecular formula is C14H25NO. The number of carbonyl (C=O) groups is 1. The Morgan fingerprint density at radius 3 is 2.06 bits per heavy atom. The zero-order valence-corrected chi connectivity index (χ0v) is 10.9. The van der Waals surface area contributed by atoms with Gasteiger partial charge in [0.1, 0.15) is 0 Å². The lowest BCUT2D eigenvalue weighted by atomic mass is 10.2. The first kappa shape index (κ1) is 14.9. The van der Waals surface area contributed by atoms with E-state index in [0.717, 1.165) is 32.4 Å². The van der Waals surface area contributed by atoms with Gasteiger partial charge in [0, 0.05) is 19.5 Å². The monoisotopic (exact) mass is 223 g/mol. The topological polar surface area (TPSA) is 20.3 Å². The van der Waals surface area contributed by atoms with Crippen molar-refractivity contribution in [3.05, 3.63) is 24.3 Å². The molecule has 0 radical (unpaired) electrons. The van der Waals surface area contributed by atoms with Crippen molar-refractivity contribution >= 4 is 5.91 Å². The quantitative estimate of drug-likeness (QED) is 0.576. The summed E-state index contributed by atoms with van der Waals surface area (Å²) >= 11 is 0. The van der Waals surface area contributed by atoms with Crippen LogP contribution in [0.4, 0.5) is 0 Å². The van der Waals surface area contributed by atoms with Gasteiger partial charge in [0.2, 0.25) is 5.91 Å². The van der Waals surface area contributed by atoms with Crippen LogP contribution in [0.5, 0.6) is 0 Å². The third-order valence-electron chi connectivity index (χ3n) is 2.25. The second kappa shape index (κ2) is 10.5. The van der Waals surface area contributed by atoms with Gasteiger partial charge in [-0.25, -0.2) is 0 Å². The molecule has 0 rings (SSSR count). The van der Waals surface area contributed by atoms with E-state index in [1.54, 1.807) is 0 Å². The van der Waals surface area contributed by atoms with E-state index in [9.17, 15) is 4.79 Å². The molecule has 0 aliphatic rings. The molecule has 0 aromatic rings. The Labute approximate surface area is 100 Å². The summed E-state index contributed by atoms with van der Waals surface area (Å²) in [5.74, 6) is 0.241. The molecule has 0 N–H and O–H groups in total. The van der Waals surface area contributed by atoms with Gasteiger partial charge in [-0.05, 0) is 19.3 Å². The third-order valence-corrected chi connectivity index (χ3v) is 2.25. The largest absolute Gasteiger partial charge is 0.342 e.